The predicted molar refractivity (Wildman–Crippen MR) is 54.6 cm³/mol. The fourth-order valence-electron chi connectivity index (χ4n) is 2.03. The lowest BCUT2D eigenvalue weighted by Gasteiger charge is -2.25. The molecule has 2 heteroatoms. The lowest BCUT2D eigenvalue weighted by Crippen LogP contribution is -2.42. The Balaban J connectivity index is 2.27. The predicted octanol–water partition coefficient (Wildman–Crippen LogP) is 1.09. The Morgan fingerprint density at radius 1 is 1.38 bits per heavy atom. The second-order valence-electron chi connectivity index (χ2n) is 4.10. The van der Waals surface area contributed by atoms with Gasteiger partial charge in [-0.2, -0.15) is 0 Å². The molecule has 0 aliphatic carbocycles. The first-order valence-electron chi connectivity index (χ1n) is 4.75. The molecule has 1 aromatic carbocycles. The van der Waals surface area contributed by atoms with E-state index in [0.29, 0.717) is 5.92 Å². The molecule has 1 aromatic rings. The quantitative estimate of drug-likeness (QED) is 0.672. The molecule has 0 saturated carbocycles. The summed E-state index contributed by atoms with van der Waals surface area (Å²) in [6.07, 6.45) is 0. The first-order valence-corrected chi connectivity index (χ1v) is 4.75. The molecule has 1 aliphatic heterocycles. The molecule has 70 valence electrons. The standard InChI is InChI=1S/C11H16N2/c1-11(12)8-13-7-10(11)9-5-3-2-4-6-9/h2-6,10,13H,7-8,12H2,1H3/t10-,11+/m1/s1. The largest absolute Gasteiger partial charge is 0.324 e. The van der Waals surface area contributed by atoms with Crippen LogP contribution >= 0.6 is 0 Å². The van der Waals surface area contributed by atoms with E-state index in [-0.39, 0.29) is 5.54 Å². The third-order valence-electron chi connectivity index (χ3n) is 2.85. The maximum Gasteiger partial charge on any atom is 0.0333 e. The van der Waals surface area contributed by atoms with Crippen molar-refractivity contribution in [3.05, 3.63) is 35.9 Å². The summed E-state index contributed by atoms with van der Waals surface area (Å²) >= 11 is 0. The molecule has 0 radical (unpaired) electrons. The fourth-order valence-corrected chi connectivity index (χ4v) is 2.03. The first kappa shape index (κ1) is 8.73. The lowest BCUT2D eigenvalue weighted by molar-refractivity contribution is 0.462. The van der Waals surface area contributed by atoms with Crippen molar-refractivity contribution in [3.63, 3.8) is 0 Å². The molecule has 0 aromatic heterocycles. The number of rotatable bonds is 1. The van der Waals surface area contributed by atoms with Crippen LogP contribution in [0.3, 0.4) is 0 Å². The first-order chi connectivity index (χ1) is 6.20. The minimum absolute atomic E-state index is 0.0959. The second-order valence-corrected chi connectivity index (χ2v) is 4.10. The Hall–Kier alpha value is -0.860. The van der Waals surface area contributed by atoms with Crippen molar-refractivity contribution in [1.82, 2.24) is 5.32 Å². The van der Waals surface area contributed by atoms with Gasteiger partial charge in [-0.3, -0.25) is 0 Å². The molecule has 0 amide bonds. The van der Waals surface area contributed by atoms with Gasteiger partial charge in [0.2, 0.25) is 0 Å². The van der Waals surface area contributed by atoms with Gasteiger partial charge in [-0.15, -0.1) is 0 Å². The molecule has 1 saturated heterocycles. The van der Waals surface area contributed by atoms with Crippen molar-refractivity contribution in [2.45, 2.75) is 18.4 Å². The van der Waals surface area contributed by atoms with Crippen LogP contribution in [0.2, 0.25) is 0 Å². The zero-order valence-electron chi connectivity index (χ0n) is 7.96. The van der Waals surface area contributed by atoms with E-state index in [1.165, 1.54) is 5.56 Å². The molecule has 1 fully saturated rings. The van der Waals surface area contributed by atoms with E-state index in [9.17, 15) is 0 Å². The van der Waals surface area contributed by atoms with Gasteiger partial charge < -0.3 is 11.1 Å². The van der Waals surface area contributed by atoms with Crippen LogP contribution in [0.1, 0.15) is 18.4 Å². The molecule has 3 N–H and O–H groups in total. The molecule has 1 heterocycles. The van der Waals surface area contributed by atoms with E-state index < -0.39 is 0 Å². The lowest BCUT2D eigenvalue weighted by atomic mass is 9.84. The topological polar surface area (TPSA) is 38.0 Å². The summed E-state index contributed by atoms with van der Waals surface area (Å²) in [6, 6.07) is 10.5. The summed E-state index contributed by atoms with van der Waals surface area (Å²) in [4.78, 5) is 0. The molecule has 2 atom stereocenters. The van der Waals surface area contributed by atoms with E-state index in [1.54, 1.807) is 0 Å². The van der Waals surface area contributed by atoms with E-state index >= 15 is 0 Å². The van der Waals surface area contributed by atoms with Crippen LogP contribution in [-0.2, 0) is 0 Å². The van der Waals surface area contributed by atoms with Crippen LogP contribution < -0.4 is 11.1 Å². The maximum absolute atomic E-state index is 6.19. The zero-order valence-corrected chi connectivity index (χ0v) is 7.96. The van der Waals surface area contributed by atoms with E-state index in [4.69, 9.17) is 5.73 Å². The minimum Gasteiger partial charge on any atom is -0.324 e. The molecule has 2 nitrogen and oxygen atoms in total. The maximum atomic E-state index is 6.19. The van der Waals surface area contributed by atoms with Crippen LogP contribution in [-0.4, -0.2) is 18.6 Å². The fraction of sp³-hybridized carbons (Fsp3) is 0.455. The number of hydrogen-bond acceptors (Lipinski definition) is 2. The van der Waals surface area contributed by atoms with Crippen LogP contribution in [0, 0.1) is 0 Å². The Bertz CT molecular complexity index is 279. The molecule has 2 rings (SSSR count). The van der Waals surface area contributed by atoms with Gasteiger partial charge in [-0.05, 0) is 12.5 Å². The van der Waals surface area contributed by atoms with Crippen molar-refractivity contribution >= 4 is 0 Å². The van der Waals surface area contributed by atoms with Gasteiger partial charge in [0.15, 0.2) is 0 Å². The van der Waals surface area contributed by atoms with Crippen molar-refractivity contribution in [1.29, 1.82) is 0 Å². The Morgan fingerprint density at radius 2 is 2.08 bits per heavy atom. The average Bonchev–Trinajstić information content (AvgIpc) is 2.47. The van der Waals surface area contributed by atoms with Gasteiger partial charge in [0.05, 0.1) is 0 Å². The van der Waals surface area contributed by atoms with Crippen LogP contribution in [0.4, 0.5) is 0 Å². The Labute approximate surface area is 79.1 Å². The molecule has 1 aliphatic rings. The van der Waals surface area contributed by atoms with Crippen LogP contribution in [0.25, 0.3) is 0 Å². The Morgan fingerprint density at radius 3 is 2.62 bits per heavy atom. The van der Waals surface area contributed by atoms with E-state index in [2.05, 4.69) is 36.5 Å². The highest BCUT2D eigenvalue weighted by Crippen LogP contribution is 2.28. The third kappa shape index (κ3) is 1.60. The van der Waals surface area contributed by atoms with Crippen LogP contribution in [0.15, 0.2) is 30.3 Å². The third-order valence-corrected chi connectivity index (χ3v) is 2.85. The molecule has 0 bridgehead atoms. The average molecular weight is 176 g/mol. The molecular formula is C11H16N2. The summed E-state index contributed by atoms with van der Waals surface area (Å²) in [5, 5.41) is 3.34. The minimum atomic E-state index is -0.0959. The van der Waals surface area contributed by atoms with Gasteiger partial charge in [0, 0.05) is 24.5 Å². The number of nitrogens with two attached hydrogens (primary N) is 1. The number of hydrogen-bond donors (Lipinski definition) is 2. The van der Waals surface area contributed by atoms with Gasteiger partial charge in [-0.1, -0.05) is 30.3 Å². The van der Waals surface area contributed by atoms with Gasteiger partial charge in [0.25, 0.3) is 0 Å². The van der Waals surface area contributed by atoms with Crippen molar-refractivity contribution in [2.75, 3.05) is 13.1 Å². The van der Waals surface area contributed by atoms with Gasteiger partial charge in [0.1, 0.15) is 0 Å². The summed E-state index contributed by atoms with van der Waals surface area (Å²) in [7, 11) is 0. The summed E-state index contributed by atoms with van der Waals surface area (Å²) in [6.45, 7) is 4.02. The van der Waals surface area contributed by atoms with Crippen LogP contribution in [0.5, 0.6) is 0 Å². The van der Waals surface area contributed by atoms with Crippen molar-refractivity contribution in [2.24, 2.45) is 5.73 Å². The van der Waals surface area contributed by atoms with Crippen molar-refractivity contribution in [3.8, 4) is 0 Å². The number of nitrogens with one attached hydrogen (secondary N) is 1. The molecule has 0 spiro atoms. The molecule has 0 unspecified atom stereocenters. The SMILES string of the molecule is C[C@]1(N)CNC[C@@H]1c1ccccc1. The molecule has 13 heavy (non-hydrogen) atoms. The highest BCUT2D eigenvalue weighted by molar-refractivity contribution is 5.26. The van der Waals surface area contributed by atoms with E-state index in [1.807, 2.05) is 6.07 Å². The second kappa shape index (κ2) is 3.13. The number of benzene rings is 1. The molecular weight excluding hydrogens is 160 g/mol. The normalized spacial score (nSPS) is 33.5. The summed E-state index contributed by atoms with van der Waals surface area (Å²) in [5.74, 6) is 0.452. The van der Waals surface area contributed by atoms with Crippen molar-refractivity contribution < 1.29 is 0 Å². The van der Waals surface area contributed by atoms with E-state index in [0.717, 1.165) is 13.1 Å². The van der Waals surface area contributed by atoms with Gasteiger partial charge in [-0.25, -0.2) is 0 Å². The Kier molecular flexibility index (Phi) is 2.10. The smallest absolute Gasteiger partial charge is 0.0333 e. The zero-order chi connectivity index (χ0) is 9.31. The van der Waals surface area contributed by atoms with Gasteiger partial charge >= 0.3 is 0 Å². The highest BCUT2D eigenvalue weighted by atomic mass is 15.0. The summed E-state index contributed by atoms with van der Waals surface area (Å²) < 4.78 is 0. The monoisotopic (exact) mass is 176 g/mol. The summed E-state index contributed by atoms with van der Waals surface area (Å²) in [5.41, 5.74) is 7.44. The highest BCUT2D eigenvalue weighted by Gasteiger charge is 2.35.